The van der Waals surface area contributed by atoms with Gasteiger partial charge in [0.05, 0.1) is 12.3 Å². The van der Waals surface area contributed by atoms with E-state index in [0.29, 0.717) is 16.7 Å². The number of benzene rings is 3. The molecule has 4 rings (SSSR count). The van der Waals surface area contributed by atoms with Gasteiger partial charge in [-0.15, -0.1) is 0 Å². The van der Waals surface area contributed by atoms with Crippen molar-refractivity contribution in [1.29, 1.82) is 0 Å². The van der Waals surface area contributed by atoms with Gasteiger partial charge in [-0.1, -0.05) is 72.6 Å². The van der Waals surface area contributed by atoms with Crippen molar-refractivity contribution in [3.05, 3.63) is 83.7 Å². The molecule has 1 aliphatic carbocycles. The first kappa shape index (κ1) is 5.21. The molecule has 0 saturated heterocycles. The Balaban J connectivity index is 2.11. The molecule has 20 heavy (non-hydrogen) atoms. The molecule has 0 aliphatic heterocycles. The predicted octanol–water partition coefficient (Wildman–Crippen LogP) is 5.12. The van der Waals surface area contributed by atoms with Gasteiger partial charge in [0.1, 0.15) is 0 Å². The lowest BCUT2D eigenvalue weighted by atomic mass is 9.82. The normalized spacial score (nSPS) is 23.3. The number of fused-ring (bicyclic) bond motifs is 3. The Morgan fingerprint density at radius 1 is 0.800 bits per heavy atom. The fraction of sp³-hybridized carbons (Fsp3) is 0.100. The molecule has 96 valence electrons. The van der Waals surface area contributed by atoms with Crippen molar-refractivity contribution in [2.75, 3.05) is 0 Å². The van der Waals surface area contributed by atoms with E-state index in [4.69, 9.17) is 13.7 Å². The highest BCUT2D eigenvalue weighted by Crippen LogP contribution is 2.38. The van der Waals surface area contributed by atoms with E-state index in [1.165, 1.54) is 0 Å². The third-order valence-electron chi connectivity index (χ3n) is 3.44. The molecular weight excluding hydrogens is 240 g/mol. The van der Waals surface area contributed by atoms with Crippen molar-refractivity contribution in [1.82, 2.24) is 0 Å². The van der Waals surface area contributed by atoms with E-state index in [9.17, 15) is 0 Å². The molecular formula is C20H16. The molecule has 0 nitrogen and oxygen atoms in total. The van der Waals surface area contributed by atoms with Gasteiger partial charge >= 0.3 is 0 Å². The standard InChI is InChI=1S/C20H16/c1-2-7-15(8-3-1)18-11-6-12-19-17-10-5-4-9-16(17)13-14-20(18)19/h1-12H,13-14H2/i1D,2D,3D,4D,5D,7D,8D,9D,10D,13D. The molecule has 1 unspecified atom stereocenters. The maximum atomic E-state index is 8.53. The molecule has 0 heteroatoms. The maximum Gasteiger partial charge on any atom is 0.0629 e. The average Bonchev–Trinajstić information content (AvgIpc) is 2.73. The smallest absolute Gasteiger partial charge is 0.0622 e. The van der Waals surface area contributed by atoms with Crippen LogP contribution in [0.4, 0.5) is 0 Å². The van der Waals surface area contributed by atoms with Crippen molar-refractivity contribution in [3.8, 4) is 22.3 Å². The molecule has 0 spiro atoms. The van der Waals surface area contributed by atoms with Crippen molar-refractivity contribution in [2.45, 2.75) is 12.8 Å². The van der Waals surface area contributed by atoms with Crippen LogP contribution in [0, 0.1) is 0 Å². The number of rotatable bonds is 1. The van der Waals surface area contributed by atoms with Gasteiger partial charge in [0.25, 0.3) is 0 Å². The summed E-state index contributed by atoms with van der Waals surface area (Å²) in [5, 5.41) is 0. The van der Waals surface area contributed by atoms with Gasteiger partial charge in [-0.25, -0.2) is 0 Å². The van der Waals surface area contributed by atoms with Gasteiger partial charge in [-0.05, 0) is 46.2 Å². The third kappa shape index (κ3) is 1.77. The van der Waals surface area contributed by atoms with E-state index in [2.05, 4.69) is 0 Å². The highest BCUT2D eigenvalue weighted by atomic mass is 14.2. The minimum absolute atomic E-state index is 0.0225. The summed E-state index contributed by atoms with van der Waals surface area (Å²) >= 11 is 0. The van der Waals surface area contributed by atoms with Crippen LogP contribution >= 0.6 is 0 Å². The Kier molecular flexibility index (Phi) is 1.21. The summed E-state index contributed by atoms with van der Waals surface area (Å²) in [4.78, 5) is 0. The molecule has 0 N–H and O–H groups in total. The minimum atomic E-state index is -0.972. The van der Waals surface area contributed by atoms with Crippen LogP contribution in [0.15, 0.2) is 72.6 Å². The molecule has 0 saturated carbocycles. The van der Waals surface area contributed by atoms with Crippen LogP contribution in [0.25, 0.3) is 22.3 Å². The first-order chi connectivity index (χ1) is 14.1. The van der Waals surface area contributed by atoms with Crippen molar-refractivity contribution in [3.63, 3.8) is 0 Å². The highest BCUT2D eigenvalue weighted by Gasteiger charge is 2.18. The molecule has 3 aromatic rings. The molecule has 3 aromatic carbocycles. The second-order valence-electron chi connectivity index (χ2n) is 4.53. The zero-order valence-electron chi connectivity index (χ0n) is 20.5. The fourth-order valence-electron chi connectivity index (χ4n) is 2.55. The third-order valence-corrected chi connectivity index (χ3v) is 3.44. The lowest BCUT2D eigenvalue weighted by Gasteiger charge is -2.22. The van der Waals surface area contributed by atoms with Crippen LogP contribution in [0.3, 0.4) is 0 Å². The van der Waals surface area contributed by atoms with Gasteiger partial charge in [0.2, 0.25) is 0 Å². The van der Waals surface area contributed by atoms with E-state index in [1.807, 2.05) is 0 Å². The predicted molar refractivity (Wildman–Crippen MR) is 84.7 cm³/mol. The summed E-state index contributed by atoms with van der Waals surface area (Å²) in [6, 6.07) is 1.55. The Labute approximate surface area is 133 Å². The Morgan fingerprint density at radius 2 is 1.55 bits per heavy atom. The Hall–Kier alpha value is -2.34. The van der Waals surface area contributed by atoms with Gasteiger partial charge < -0.3 is 0 Å². The van der Waals surface area contributed by atoms with Crippen molar-refractivity contribution < 1.29 is 13.7 Å². The van der Waals surface area contributed by atoms with Crippen LogP contribution < -0.4 is 0 Å². The summed E-state index contributed by atoms with van der Waals surface area (Å²) in [7, 11) is 0. The molecule has 0 fully saturated rings. The van der Waals surface area contributed by atoms with E-state index in [1.54, 1.807) is 18.2 Å². The molecule has 1 atom stereocenters. The molecule has 0 aromatic heterocycles. The zero-order chi connectivity index (χ0) is 22.1. The van der Waals surface area contributed by atoms with E-state index in [-0.39, 0.29) is 53.3 Å². The SMILES string of the molecule is [2H]c1c([2H])c([2H])c(-c2cccc3c2CC([2H])c2c([2H])c([2H])c([2H])c([2H])c2-3)c([2H])c1[2H]. The summed E-state index contributed by atoms with van der Waals surface area (Å²) in [5.41, 5.74) is 1.87. The molecule has 0 amide bonds. The van der Waals surface area contributed by atoms with E-state index >= 15 is 0 Å². The van der Waals surface area contributed by atoms with Gasteiger partial charge in [0, 0.05) is 1.37 Å². The zero-order valence-corrected chi connectivity index (χ0v) is 10.5. The molecule has 0 heterocycles. The first-order valence-corrected chi connectivity index (χ1v) is 6.29. The largest absolute Gasteiger partial charge is 0.0629 e. The van der Waals surface area contributed by atoms with Crippen molar-refractivity contribution in [2.24, 2.45) is 0 Å². The second kappa shape index (κ2) is 4.64. The molecule has 1 aliphatic rings. The van der Waals surface area contributed by atoms with Gasteiger partial charge in [-0.2, -0.15) is 0 Å². The van der Waals surface area contributed by atoms with Crippen LogP contribution in [-0.4, -0.2) is 0 Å². The number of hydrogen-bond acceptors (Lipinski definition) is 0. The Bertz CT molecular complexity index is 1200. The monoisotopic (exact) mass is 266 g/mol. The summed E-state index contributed by atoms with van der Waals surface area (Å²) in [5.74, 6) is 0. The number of hydrogen-bond donors (Lipinski definition) is 0. The summed E-state index contributed by atoms with van der Waals surface area (Å²) in [6.07, 6.45) is -0.873. The lowest BCUT2D eigenvalue weighted by Crippen LogP contribution is -2.05. The van der Waals surface area contributed by atoms with Crippen molar-refractivity contribution >= 4 is 0 Å². The minimum Gasteiger partial charge on any atom is -0.0622 e. The van der Waals surface area contributed by atoms with Crippen LogP contribution in [0.2, 0.25) is 0 Å². The van der Waals surface area contributed by atoms with Crippen LogP contribution in [0.1, 0.15) is 24.8 Å². The van der Waals surface area contributed by atoms with E-state index in [0.717, 1.165) is 0 Å². The second-order valence-corrected chi connectivity index (χ2v) is 4.53. The first-order valence-electron chi connectivity index (χ1n) is 11.4. The maximum absolute atomic E-state index is 8.53. The fourth-order valence-corrected chi connectivity index (χ4v) is 2.55. The van der Waals surface area contributed by atoms with Crippen LogP contribution in [-0.2, 0) is 12.8 Å². The summed E-state index contributed by atoms with van der Waals surface area (Å²) in [6.45, 7) is 0. The quantitative estimate of drug-likeness (QED) is 0.573. The topological polar surface area (TPSA) is 0 Å². The highest BCUT2D eigenvalue weighted by molar-refractivity contribution is 5.81. The molecule has 0 bridgehead atoms. The molecule has 0 radical (unpaired) electrons. The van der Waals surface area contributed by atoms with Crippen LogP contribution in [0.5, 0.6) is 0 Å². The Morgan fingerprint density at radius 3 is 2.45 bits per heavy atom. The van der Waals surface area contributed by atoms with E-state index < -0.39 is 30.6 Å². The lowest BCUT2D eigenvalue weighted by molar-refractivity contribution is 0.944. The van der Waals surface area contributed by atoms with Gasteiger partial charge in [-0.3, -0.25) is 0 Å². The summed E-state index contributed by atoms with van der Waals surface area (Å²) < 4.78 is 81.3. The van der Waals surface area contributed by atoms with Gasteiger partial charge in [0.15, 0.2) is 0 Å². The average molecular weight is 266 g/mol.